The molecule has 7 nitrogen and oxygen atoms in total. The van der Waals surface area contributed by atoms with Gasteiger partial charge in [0.25, 0.3) is 0 Å². The Morgan fingerprint density at radius 2 is 2.00 bits per heavy atom. The monoisotopic (exact) mass is 283 g/mol. The molecule has 0 aliphatic rings. The highest BCUT2D eigenvalue weighted by molar-refractivity contribution is 5.28. The number of rotatable bonds is 5. The highest BCUT2D eigenvalue weighted by Crippen LogP contribution is 2.15. The van der Waals surface area contributed by atoms with Gasteiger partial charge in [-0.2, -0.15) is 20.1 Å². The Bertz CT molecular complexity index is 701. The largest absolute Gasteiger partial charge is 0.311 e. The Hall–Kier alpha value is -2.54. The average Bonchev–Trinajstić information content (AvgIpc) is 3.15. The first kappa shape index (κ1) is 13.4. The molecular formula is C14H17N7. The Balaban J connectivity index is 1.82. The van der Waals surface area contributed by atoms with Gasteiger partial charge in [0, 0.05) is 13.5 Å². The lowest BCUT2D eigenvalue weighted by Crippen LogP contribution is -2.21. The number of nitrogens with one attached hydrogen (secondary N) is 1. The van der Waals surface area contributed by atoms with Gasteiger partial charge in [-0.1, -0.05) is 18.2 Å². The van der Waals surface area contributed by atoms with Gasteiger partial charge in [-0.3, -0.25) is 4.68 Å². The van der Waals surface area contributed by atoms with Crippen molar-refractivity contribution >= 4 is 0 Å². The molecule has 1 atom stereocenters. The normalized spacial score (nSPS) is 12.5. The zero-order chi connectivity index (χ0) is 14.7. The molecule has 2 heterocycles. The molecule has 0 spiro atoms. The van der Waals surface area contributed by atoms with Crippen molar-refractivity contribution in [2.75, 3.05) is 7.05 Å². The number of hydrogen-bond donors (Lipinski definition) is 1. The molecule has 3 rings (SSSR count). The van der Waals surface area contributed by atoms with E-state index in [0.717, 1.165) is 17.2 Å². The summed E-state index contributed by atoms with van der Waals surface area (Å²) in [5.41, 5.74) is 1.82. The maximum Gasteiger partial charge on any atom is 0.138 e. The second kappa shape index (κ2) is 5.84. The van der Waals surface area contributed by atoms with Crippen LogP contribution in [0.4, 0.5) is 0 Å². The lowest BCUT2D eigenvalue weighted by Gasteiger charge is -2.12. The van der Waals surface area contributed by atoms with Crippen LogP contribution in [0.1, 0.15) is 17.6 Å². The van der Waals surface area contributed by atoms with E-state index in [4.69, 9.17) is 0 Å². The number of benzene rings is 1. The first-order chi connectivity index (χ1) is 10.3. The van der Waals surface area contributed by atoms with Crippen molar-refractivity contribution in [1.82, 2.24) is 35.1 Å². The smallest absolute Gasteiger partial charge is 0.138 e. The third-order valence-corrected chi connectivity index (χ3v) is 3.39. The molecule has 0 saturated heterocycles. The molecule has 0 fully saturated rings. The van der Waals surface area contributed by atoms with Gasteiger partial charge in [-0.05, 0) is 19.2 Å². The fourth-order valence-electron chi connectivity index (χ4n) is 2.16. The molecule has 21 heavy (non-hydrogen) atoms. The molecule has 0 radical (unpaired) electrons. The Morgan fingerprint density at radius 1 is 1.19 bits per heavy atom. The summed E-state index contributed by atoms with van der Waals surface area (Å²) in [4.78, 5) is 5.89. The van der Waals surface area contributed by atoms with Crippen LogP contribution in [-0.4, -0.2) is 36.8 Å². The van der Waals surface area contributed by atoms with Gasteiger partial charge in [0.05, 0.1) is 17.9 Å². The molecule has 1 N–H and O–H groups in total. The highest BCUT2D eigenvalue weighted by Gasteiger charge is 2.17. The number of para-hydroxylation sites is 1. The molecule has 0 bridgehead atoms. The maximum atomic E-state index is 4.55. The minimum Gasteiger partial charge on any atom is -0.311 e. The van der Waals surface area contributed by atoms with Crippen molar-refractivity contribution in [3.8, 4) is 5.69 Å². The van der Waals surface area contributed by atoms with Crippen molar-refractivity contribution in [3.63, 3.8) is 0 Å². The Morgan fingerprint density at radius 3 is 2.67 bits per heavy atom. The average molecular weight is 283 g/mol. The lowest BCUT2D eigenvalue weighted by atomic mass is 10.1. The summed E-state index contributed by atoms with van der Waals surface area (Å²) in [5.74, 6) is 0.906. The quantitative estimate of drug-likeness (QED) is 0.753. The zero-order valence-corrected chi connectivity index (χ0v) is 12.0. The van der Waals surface area contributed by atoms with Gasteiger partial charge >= 0.3 is 0 Å². The minimum absolute atomic E-state index is 0.0466. The molecule has 0 aliphatic heterocycles. The van der Waals surface area contributed by atoms with E-state index in [0.29, 0.717) is 6.42 Å². The van der Waals surface area contributed by atoms with Gasteiger partial charge in [0.1, 0.15) is 17.8 Å². The van der Waals surface area contributed by atoms with E-state index in [1.54, 1.807) is 22.0 Å². The van der Waals surface area contributed by atoms with Crippen molar-refractivity contribution < 1.29 is 0 Å². The van der Waals surface area contributed by atoms with E-state index >= 15 is 0 Å². The van der Waals surface area contributed by atoms with Crippen LogP contribution in [0, 0.1) is 0 Å². The molecular weight excluding hydrogens is 266 g/mol. The number of likely N-dealkylation sites (N-methyl/N-ethyl adjacent to an activating group) is 1. The molecule has 7 heteroatoms. The molecule has 108 valence electrons. The number of nitrogens with zero attached hydrogens (tertiary/aromatic N) is 6. The number of aromatic nitrogens is 6. The van der Waals surface area contributed by atoms with Crippen LogP contribution < -0.4 is 5.32 Å². The zero-order valence-electron chi connectivity index (χ0n) is 12.0. The Kier molecular flexibility index (Phi) is 3.74. The molecule has 1 unspecified atom stereocenters. The van der Waals surface area contributed by atoms with Crippen LogP contribution in [0.25, 0.3) is 5.69 Å². The second-order valence-electron chi connectivity index (χ2n) is 4.74. The van der Waals surface area contributed by atoms with Crippen molar-refractivity contribution in [3.05, 3.63) is 54.4 Å². The van der Waals surface area contributed by atoms with Gasteiger partial charge in [0.2, 0.25) is 0 Å². The van der Waals surface area contributed by atoms with E-state index in [9.17, 15) is 0 Å². The van der Waals surface area contributed by atoms with Crippen LogP contribution in [0.15, 0.2) is 42.9 Å². The van der Waals surface area contributed by atoms with Crippen LogP contribution in [0.3, 0.4) is 0 Å². The fraction of sp³-hybridized carbons (Fsp3) is 0.286. The topological polar surface area (TPSA) is 73.5 Å². The molecule has 0 amide bonds. The van der Waals surface area contributed by atoms with E-state index in [2.05, 4.69) is 25.6 Å². The van der Waals surface area contributed by atoms with Gasteiger partial charge in [0.15, 0.2) is 0 Å². The number of aryl methyl sites for hydroxylation is 1. The van der Waals surface area contributed by atoms with E-state index in [-0.39, 0.29) is 6.04 Å². The van der Waals surface area contributed by atoms with Crippen molar-refractivity contribution in [2.24, 2.45) is 7.05 Å². The summed E-state index contributed by atoms with van der Waals surface area (Å²) in [6.45, 7) is 0. The van der Waals surface area contributed by atoms with Gasteiger partial charge in [-0.15, -0.1) is 0 Å². The minimum atomic E-state index is 0.0466. The second-order valence-corrected chi connectivity index (χ2v) is 4.74. The SMILES string of the molecule is CNC(Cc1ncnn1C)c1cnn(-c2ccccc2)n1. The summed E-state index contributed by atoms with van der Waals surface area (Å²) < 4.78 is 1.77. The highest BCUT2D eigenvalue weighted by atomic mass is 15.5. The first-order valence-corrected chi connectivity index (χ1v) is 6.75. The molecule has 2 aromatic heterocycles. The van der Waals surface area contributed by atoms with E-state index < -0.39 is 0 Å². The predicted octanol–water partition coefficient (Wildman–Crippen LogP) is 0.899. The molecule has 0 saturated carbocycles. The van der Waals surface area contributed by atoms with Gasteiger partial charge < -0.3 is 5.32 Å². The third-order valence-electron chi connectivity index (χ3n) is 3.39. The Labute approximate surface area is 122 Å². The van der Waals surface area contributed by atoms with E-state index in [1.807, 2.05) is 44.4 Å². The fourth-order valence-corrected chi connectivity index (χ4v) is 2.16. The van der Waals surface area contributed by atoms with Crippen LogP contribution in [0.5, 0.6) is 0 Å². The summed E-state index contributed by atoms with van der Waals surface area (Å²) in [5, 5.41) is 16.2. The van der Waals surface area contributed by atoms with Crippen LogP contribution in [0.2, 0.25) is 0 Å². The first-order valence-electron chi connectivity index (χ1n) is 6.75. The summed E-state index contributed by atoms with van der Waals surface area (Å²) in [6.07, 6.45) is 4.05. The van der Waals surface area contributed by atoms with Crippen LogP contribution >= 0.6 is 0 Å². The van der Waals surface area contributed by atoms with Crippen LogP contribution in [-0.2, 0) is 13.5 Å². The third kappa shape index (κ3) is 2.82. The summed E-state index contributed by atoms with van der Waals surface area (Å²) in [6, 6.07) is 9.89. The van der Waals surface area contributed by atoms with E-state index in [1.165, 1.54) is 0 Å². The van der Waals surface area contributed by atoms with Gasteiger partial charge in [-0.25, -0.2) is 4.98 Å². The predicted molar refractivity (Wildman–Crippen MR) is 77.9 cm³/mol. The number of hydrogen-bond acceptors (Lipinski definition) is 5. The molecule has 1 aromatic carbocycles. The lowest BCUT2D eigenvalue weighted by molar-refractivity contribution is 0.536. The maximum absolute atomic E-state index is 4.55. The van der Waals surface area contributed by atoms with Crippen molar-refractivity contribution in [2.45, 2.75) is 12.5 Å². The molecule has 3 aromatic rings. The summed E-state index contributed by atoms with van der Waals surface area (Å²) in [7, 11) is 3.79. The molecule has 0 aliphatic carbocycles. The standard InChI is InChI=1S/C14H17N7/c1-15-12(8-14-16-10-18-20(14)2)13-9-17-21(19-13)11-6-4-3-5-7-11/h3-7,9-10,12,15H,8H2,1-2H3. The summed E-state index contributed by atoms with van der Waals surface area (Å²) >= 11 is 0. The van der Waals surface area contributed by atoms with Crippen molar-refractivity contribution in [1.29, 1.82) is 0 Å².